The number of alkyl halides is 3. The maximum absolute atomic E-state index is 13.0. The lowest BCUT2D eigenvalue weighted by Gasteiger charge is -2.20. The van der Waals surface area contributed by atoms with Gasteiger partial charge in [-0.05, 0) is 36.0 Å². The summed E-state index contributed by atoms with van der Waals surface area (Å²) >= 11 is 0.116. The van der Waals surface area contributed by atoms with Gasteiger partial charge < -0.3 is 14.2 Å². The van der Waals surface area contributed by atoms with Crippen molar-refractivity contribution in [3.8, 4) is 17.2 Å². The fourth-order valence-electron chi connectivity index (χ4n) is 3.20. The van der Waals surface area contributed by atoms with Crippen molar-refractivity contribution in [1.82, 2.24) is 5.01 Å². The maximum Gasteiger partial charge on any atom is 0.441 e. The van der Waals surface area contributed by atoms with Crippen molar-refractivity contribution in [2.24, 2.45) is 10.1 Å². The predicted octanol–water partition coefficient (Wildman–Crippen LogP) is 4.24. The minimum atomic E-state index is -4.79. The number of nitrogens with one attached hydrogen (secondary N) is 1. The highest BCUT2D eigenvalue weighted by molar-refractivity contribution is 8.27. The monoisotopic (exact) mass is 535 g/mol. The second kappa shape index (κ2) is 10.3. The first kappa shape index (κ1) is 25.7. The van der Waals surface area contributed by atoms with Crippen LogP contribution >= 0.6 is 11.8 Å². The Hall–Kier alpha value is -4.40. The summed E-state index contributed by atoms with van der Waals surface area (Å²) in [4.78, 5) is 26.7. The molecule has 1 amide bonds. The number of benzene rings is 2. The summed E-state index contributed by atoms with van der Waals surface area (Å²) in [5.41, 5.74) is -0.727. The molecular weight excluding hydrogens is 519 g/mol. The maximum atomic E-state index is 13.0. The molecule has 0 unspecified atom stereocenters. The van der Waals surface area contributed by atoms with Gasteiger partial charge in [0.05, 0.1) is 17.6 Å². The second-order valence-corrected chi connectivity index (χ2v) is 8.21. The Balaban J connectivity index is 1.58. The van der Waals surface area contributed by atoms with Crippen molar-refractivity contribution in [2.75, 3.05) is 20.3 Å². The van der Waals surface area contributed by atoms with E-state index in [1.54, 1.807) is 24.3 Å². The standard InChI is InChI=1S/C22H16F3N5O6S/c1-34-16-4-2-3-5-17(16)36-9-8-35-15-7-6-13(30(32)33)10-12(15)11-14-18(26)29-21(27-19(14)31)37-20(28-29)22(23,24)25/h2-7,10-11,26H,8-9H2,1H3. The fraction of sp³-hybridized carbons (Fsp3) is 0.182. The van der Waals surface area contributed by atoms with Crippen LogP contribution in [0.1, 0.15) is 5.56 Å². The lowest BCUT2D eigenvalue weighted by Crippen LogP contribution is -2.35. The molecule has 0 fully saturated rings. The molecule has 1 N–H and O–H groups in total. The number of nitro groups is 1. The third kappa shape index (κ3) is 5.55. The largest absolute Gasteiger partial charge is 0.493 e. The van der Waals surface area contributed by atoms with E-state index in [2.05, 4.69) is 10.1 Å². The molecular formula is C22H16F3N5O6S. The van der Waals surface area contributed by atoms with Gasteiger partial charge in [0.15, 0.2) is 17.3 Å². The number of thioether (sulfide) groups is 1. The second-order valence-electron chi connectivity index (χ2n) is 7.25. The lowest BCUT2D eigenvalue weighted by molar-refractivity contribution is -0.384. The van der Waals surface area contributed by atoms with Crippen molar-refractivity contribution < 1.29 is 37.1 Å². The van der Waals surface area contributed by atoms with Crippen LogP contribution in [0.4, 0.5) is 18.9 Å². The van der Waals surface area contributed by atoms with Gasteiger partial charge in [-0.15, -0.1) is 0 Å². The summed E-state index contributed by atoms with van der Waals surface area (Å²) in [6, 6.07) is 10.5. The molecule has 0 aromatic heterocycles. The van der Waals surface area contributed by atoms with Crippen LogP contribution < -0.4 is 14.2 Å². The molecule has 4 rings (SSSR count). The van der Waals surface area contributed by atoms with Gasteiger partial charge in [0.25, 0.3) is 11.6 Å². The first-order chi connectivity index (χ1) is 17.6. The average molecular weight is 535 g/mol. The summed E-state index contributed by atoms with van der Waals surface area (Å²) in [5, 5.41) is 21.7. The topological polar surface area (TPSA) is 140 Å². The molecule has 0 atom stereocenters. The van der Waals surface area contributed by atoms with E-state index in [1.807, 2.05) is 0 Å². The average Bonchev–Trinajstić information content (AvgIpc) is 3.30. The number of methoxy groups -OCH3 is 1. The molecule has 2 aromatic carbocycles. The number of halogens is 3. The Morgan fingerprint density at radius 2 is 1.81 bits per heavy atom. The molecule has 0 spiro atoms. The molecule has 0 saturated heterocycles. The number of nitro benzene ring substituents is 1. The van der Waals surface area contributed by atoms with Crippen LogP contribution in [0.25, 0.3) is 6.08 Å². The van der Waals surface area contributed by atoms with E-state index in [0.29, 0.717) is 16.5 Å². The number of hydrogen-bond donors (Lipinski definition) is 1. The van der Waals surface area contributed by atoms with E-state index in [1.165, 1.54) is 19.2 Å². The van der Waals surface area contributed by atoms with Gasteiger partial charge in [-0.1, -0.05) is 12.1 Å². The summed E-state index contributed by atoms with van der Waals surface area (Å²) in [7, 11) is 1.49. The number of nitrogens with zero attached hydrogens (tertiary/aromatic N) is 4. The highest BCUT2D eigenvalue weighted by atomic mass is 32.2. The molecule has 192 valence electrons. The quantitative estimate of drug-likeness (QED) is 0.229. The number of non-ortho nitro benzene ring substituents is 1. The van der Waals surface area contributed by atoms with Crippen molar-refractivity contribution in [1.29, 1.82) is 5.41 Å². The molecule has 0 saturated carbocycles. The highest BCUT2D eigenvalue weighted by Crippen LogP contribution is 2.36. The van der Waals surface area contributed by atoms with E-state index in [-0.39, 0.29) is 42.0 Å². The molecule has 0 bridgehead atoms. The zero-order valence-corrected chi connectivity index (χ0v) is 19.6. The molecule has 2 aromatic rings. The molecule has 15 heteroatoms. The van der Waals surface area contributed by atoms with Crippen LogP contribution in [0.3, 0.4) is 0 Å². The first-order valence-corrected chi connectivity index (χ1v) is 11.1. The van der Waals surface area contributed by atoms with Crippen molar-refractivity contribution in [3.63, 3.8) is 0 Å². The lowest BCUT2D eigenvalue weighted by atomic mass is 10.1. The Morgan fingerprint density at radius 3 is 2.46 bits per heavy atom. The normalized spacial score (nSPS) is 16.3. The number of amides is 1. The van der Waals surface area contributed by atoms with Crippen LogP contribution in [0.5, 0.6) is 17.2 Å². The first-order valence-electron chi connectivity index (χ1n) is 10.3. The number of amidine groups is 2. The van der Waals surface area contributed by atoms with Crippen molar-refractivity contribution in [2.45, 2.75) is 6.18 Å². The highest BCUT2D eigenvalue weighted by Gasteiger charge is 2.46. The molecule has 37 heavy (non-hydrogen) atoms. The Labute approximate surface area is 210 Å². The fourth-order valence-corrected chi connectivity index (χ4v) is 3.96. The van der Waals surface area contributed by atoms with Gasteiger partial charge in [-0.25, -0.2) is 0 Å². The number of fused-ring (bicyclic) bond motifs is 1. The Morgan fingerprint density at radius 1 is 1.14 bits per heavy atom. The summed E-state index contributed by atoms with van der Waals surface area (Å²) in [6.07, 6.45) is -3.70. The van der Waals surface area contributed by atoms with Crippen LogP contribution in [0, 0.1) is 15.5 Å². The zero-order valence-electron chi connectivity index (χ0n) is 18.8. The third-order valence-electron chi connectivity index (χ3n) is 4.87. The number of rotatable bonds is 8. The van der Waals surface area contributed by atoms with Crippen LogP contribution in [0.2, 0.25) is 0 Å². The number of carbonyl (C=O) groups is 1. The molecule has 11 nitrogen and oxygen atoms in total. The predicted molar refractivity (Wildman–Crippen MR) is 128 cm³/mol. The number of hydrogen-bond acceptors (Lipinski definition) is 9. The summed E-state index contributed by atoms with van der Waals surface area (Å²) in [5.74, 6) is -0.587. The van der Waals surface area contributed by atoms with E-state index >= 15 is 0 Å². The Kier molecular flexibility index (Phi) is 7.15. The number of aliphatic imine (C=N–C) groups is 1. The van der Waals surface area contributed by atoms with Gasteiger partial charge in [0.1, 0.15) is 19.0 Å². The van der Waals surface area contributed by atoms with E-state index in [4.69, 9.17) is 19.6 Å². The Bertz CT molecular complexity index is 1370. The molecule has 2 heterocycles. The van der Waals surface area contributed by atoms with Gasteiger partial charge in [0, 0.05) is 17.7 Å². The van der Waals surface area contributed by atoms with Gasteiger partial charge in [-0.2, -0.15) is 28.3 Å². The van der Waals surface area contributed by atoms with Gasteiger partial charge >= 0.3 is 6.18 Å². The molecule has 2 aliphatic rings. The van der Waals surface area contributed by atoms with Crippen molar-refractivity contribution >= 4 is 45.5 Å². The minimum Gasteiger partial charge on any atom is -0.493 e. The number of carbonyl (C=O) groups excluding carboxylic acids is 1. The van der Waals surface area contributed by atoms with Crippen LogP contribution in [0.15, 0.2) is 58.1 Å². The SMILES string of the molecule is COc1ccccc1OCCOc1ccc([N+](=O)[O-])cc1C=C1C(=N)N2N=C(C(F)(F)F)SC2=NC1=O. The van der Waals surface area contributed by atoms with Crippen LogP contribution in [-0.4, -0.2) is 58.4 Å². The van der Waals surface area contributed by atoms with E-state index in [9.17, 15) is 28.1 Å². The van der Waals surface area contributed by atoms with Crippen molar-refractivity contribution in [3.05, 3.63) is 63.7 Å². The molecule has 0 aliphatic carbocycles. The number of para-hydroxylation sites is 2. The number of ether oxygens (including phenoxy) is 3. The zero-order chi connectivity index (χ0) is 26.7. The van der Waals surface area contributed by atoms with Gasteiger partial charge in [-0.3, -0.25) is 20.3 Å². The minimum absolute atomic E-state index is 0.0122. The van der Waals surface area contributed by atoms with E-state index < -0.39 is 38.6 Å². The summed E-state index contributed by atoms with van der Waals surface area (Å²) < 4.78 is 55.6. The molecule has 0 radical (unpaired) electrons. The number of hydrazone groups is 1. The third-order valence-corrected chi connectivity index (χ3v) is 5.82. The van der Waals surface area contributed by atoms with Crippen LogP contribution in [-0.2, 0) is 4.79 Å². The van der Waals surface area contributed by atoms with Gasteiger partial charge in [0.2, 0.25) is 10.2 Å². The summed E-state index contributed by atoms with van der Waals surface area (Å²) in [6.45, 7) is 0.0530. The smallest absolute Gasteiger partial charge is 0.441 e. The van der Waals surface area contributed by atoms with E-state index in [0.717, 1.165) is 12.1 Å². The molecule has 2 aliphatic heterocycles.